The fraction of sp³-hybridized carbons (Fsp3) is 0.214. The summed E-state index contributed by atoms with van der Waals surface area (Å²) in [7, 11) is 0. The molecule has 0 saturated carbocycles. The van der Waals surface area contributed by atoms with Crippen LogP contribution in [0.25, 0.3) is 0 Å². The van der Waals surface area contributed by atoms with Crippen molar-refractivity contribution in [3.63, 3.8) is 0 Å². The molecule has 0 saturated heterocycles. The highest BCUT2D eigenvalue weighted by molar-refractivity contribution is 7.99. The summed E-state index contributed by atoms with van der Waals surface area (Å²) in [5.74, 6) is 1.31. The Hall–Kier alpha value is -0.700. The number of carbonyl (C=O) groups excluding carboxylic acids is 1. The molecular formula is C14H12Cl2OS. The molecule has 0 heterocycles. The van der Waals surface area contributed by atoms with Crippen LogP contribution in [-0.4, -0.2) is 11.5 Å². The van der Waals surface area contributed by atoms with Crippen LogP contribution < -0.4 is 0 Å². The van der Waals surface area contributed by atoms with E-state index in [1.807, 2.05) is 36.4 Å². The van der Waals surface area contributed by atoms with E-state index < -0.39 is 0 Å². The molecule has 0 atom stereocenters. The van der Waals surface area contributed by atoms with Gasteiger partial charge in [0, 0.05) is 15.8 Å². The average Bonchev–Trinajstić information content (AvgIpc) is 2.86. The van der Waals surface area contributed by atoms with E-state index in [-0.39, 0.29) is 5.78 Å². The van der Waals surface area contributed by atoms with Gasteiger partial charge in [0.2, 0.25) is 0 Å². The molecule has 0 spiro atoms. The molecule has 0 fully saturated rings. The first-order valence-electron chi connectivity index (χ1n) is 5.58. The number of benzene rings is 1. The minimum atomic E-state index is 0.188. The van der Waals surface area contributed by atoms with Gasteiger partial charge >= 0.3 is 0 Å². The Bertz CT molecular complexity index is 500. The maximum absolute atomic E-state index is 11.8. The molecule has 18 heavy (non-hydrogen) atoms. The summed E-state index contributed by atoms with van der Waals surface area (Å²) < 4.78 is 0. The van der Waals surface area contributed by atoms with Crippen LogP contribution in [0.1, 0.15) is 12.0 Å². The van der Waals surface area contributed by atoms with Crippen molar-refractivity contribution in [2.45, 2.75) is 12.2 Å². The maximum Gasteiger partial charge on any atom is 0.169 e. The fourth-order valence-electron chi connectivity index (χ4n) is 1.66. The van der Waals surface area contributed by atoms with Crippen molar-refractivity contribution in [1.29, 1.82) is 0 Å². The first-order chi connectivity index (χ1) is 8.68. The molecule has 1 aliphatic rings. The van der Waals surface area contributed by atoms with Crippen LogP contribution in [0.2, 0.25) is 10.0 Å². The van der Waals surface area contributed by atoms with Crippen molar-refractivity contribution in [2.75, 3.05) is 5.75 Å². The third kappa shape index (κ3) is 3.41. The van der Waals surface area contributed by atoms with Crippen LogP contribution in [0, 0.1) is 0 Å². The lowest BCUT2D eigenvalue weighted by Crippen LogP contribution is -2.04. The zero-order valence-electron chi connectivity index (χ0n) is 9.66. The van der Waals surface area contributed by atoms with Crippen LogP contribution in [0.15, 0.2) is 42.0 Å². The van der Waals surface area contributed by atoms with Gasteiger partial charge in [0.05, 0.1) is 5.75 Å². The number of hydrogen-bond acceptors (Lipinski definition) is 2. The first-order valence-corrected chi connectivity index (χ1v) is 7.49. The highest BCUT2D eigenvalue weighted by Crippen LogP contribution is 2.28. The van der Waals surface area contributed by atoms with Gasteiger partial charge in [0.1, 0.15) is 0 Å². The third-order valence-electron chi connectivity index (χ3n) is 2.67. The van der Waals surface area contributed by atoms with Gasteiger partial charge in [-0.2, -0.15) is 0 Å². The van der Waals surface area contributed by atoms with Gasteiger partial charge in [0.25, 0.3) is 0 Å². The van der Waals surface area contributed by atoms with Gasteiger partial charge in [-0.1, -0.05) is 47.5 Å². The van der Waals surface area contributed by atoms with Crippen molar-refractivity contribution in [1.82, 2.24) is 0 Å². The Morgan fingerprint density at radius 3 is 2.61 bits per heavy atom. The predicted molar refractivity (Wildman–Crippen MR) is 79.5 cm³/mol. The molecule has 1 aromatic rings. The topological polar surface area (TPSA) is 17.1 Å². The zero-order valence-corrected chi connectivity index (χ0v) is 12.0. The summed E-state index contributed by atoms with van der Waals surface area (Å²) in [6.07, 6.45) is 6.54. The van der Waals surface area contributed by atoms with Gasteiger partial charge < -0.3 is 0 Å². The van der Waals surface area contributed by atoms with E-state index in [2.05, 4.69) is 0 Å². The van der Waals surface area contributed by atoms with E-state index in [4.69, 9.17) is 23.2 Å². The molecule has 0 radical (unpaired) electrons. The summed E-state index contributed by atoms with van der Waals surface area (Å²) in [6, 6.07) is 5.45. The van der Waals surface area contributed by atoms with Gasteiger partial charge in [-0.05, 0) is 29.7 Å². The molecule has 0 amide bonds. The second-order valence-corrected chi connectivity index (χ2v) is 5.74. The quantitative estimate of drug-likeness (QED) is 0.785. The molecule has 1 aliphatic carbocycles. The molecule has 0 aliphatic heterocycles. The number of halogens is 2. The number of allylic oxidation sites excluding steroid dienone is 4. The predicted octanol–water partition coefficient (Wildman–Crippen LogP) is 4.68. The van der Waals surface area contributed by atoms with Crippen molar-refractivity contribution in [2.24, 2.45) is 0 Å². The van der Waals surface area contributed by atoms with E-state index in [1.54, 1.807) is 11.8 Å². The Labute approximate surface area is 121 Å². The van der Waals surface area contributed by atoms with Crippen LogP contribution in [0.3, 0.4) is 0 Å². The summed E-state index contributed by atoms with van der Waals surface area (Å²) >= 11 is 13.7. The van der Waals surface area contributed by atoms with Crippen LogP contribution in [-0.2, 0) is 10.5 Å². The third-order valence-corrected chi connectivity index (χ3v) is 4.34. The second kappa shape index (κ2) is 6.46. The van der Waals surface area contributed by atoms with Crippen molar-refractivity contribution in [3.8, 4) is 0 Å². The number of Topliss-reactive ketones (excluding diaryl/α,β-unsaturated/α-hetero) is 1. The molecule has 0 unspecified atom stereocenters. The van der Waals surface area contributed by atoms with Crippen molar-refractivity contribution < 1.29 is 4.79 Å². The molecule has 0 bridgehead atoms. The molecule has 2 rings (SSSR count). The largest absolute Gasteiger partial charge is 0.294 e. The maximum atomic E-state index is 11.8. The monoisotopic (exact) mass is 298 g/mol. The van der Waals surface area contributed by atoms with E-state index in [9.17, 15) is 4.79 Å². The van der Waals surface area contributed by atoms with Gasteiger partial charge in [-0.3, -0.25) is 4.79 Å². The highest BCUT2D eigenvalue weighted by Gasteiger charge is 2.11. The van der Waals surface area contributed by atoms with Crippen LogP contribution in [0.5, 0.6) is 0 Å². The number of hydrogen-bond donors (Lipinski definition) is 0. The fourth-order valence-corrected chi connectivity index (χ4v) is 3.34. The number of thioether (sulfide) groups is 1. The lowest BCUT2D eigenvalue weighted by molar-refractivity contribution is -0.113. The van der Waals surface area contributed by atoms with E-state index >= 15 is 0 Å². The number of ketones is 1. The van der Waals surface area contributed by atoms with Crippen molar-refractivity contribution >= 4 is 40.7 Å². The van der Waals surface area contributed by atoms with E-state index in [1.165, 1.54) is 0 Å². The summed E-state index contributed by atoms with van der Waals surface area (Å²) in [4.78, 5) is 11.8. The molecule has 94 valence electrons. The van der Waals surface area contributed by atoms with Gasteiger partial charge in [-0.15, -0.1) is 11.8 Å². The Morgan fingerprint density at radius 2 is 2.00 bits per heavy atom. The minimum absolute atomic E-state index is 0.188. The second-order valence-electron chi connectivity index (χ2n) is 3.94. The average molecular weight is 299 g/mol. The summed E-state index contributed by atoms with van der Waals surface area (Å²) in [5.41, 5.74) is 1.78. The number of rotatable bonds is 5. The smallest absolute Gasteiger partial charge is 0.169 e. The Morgan fingerprint density at radius 1 is 1.28 bits per heavy atom. The van der Waals surface area contributed by atoms with Gasteiger partial charge in [-0.25, -0.2) is 0 Å². The molecular weight excluding hydrogens is 287 g/mol. The highest BCUT2D eigenvalue weighted by atomic mass is 35.5. The van der Waals surface area contributed by atoms with E-state index in [0.29, 0.717) is 21.6 Å². The number of carbonyl (C=O) groups is 1. The lowest BCUT2D eigenvalue weighted by Gasteiger charge is -2.06. The molecule has 0 N–H and O–H groups in total. The summed E-state index contributed by atoms with van der Waals surface area (Å²) in [5, 5.41) is 1.31. The molecule has 1 nitrogen and oxygen atoms in total. The normalized spacial score (nSPS) is 13.8. The first kappa shape index (κ1) is 13.7. The SMILES string of the molecule is O=C(CSCc1c(Cl)cccc1Cl)C1=CC=CC1. The van der Waals surface area contributed by atoms with Crippen LogP contribution >= 0.6 is 35.0 Å². The van der Waals surface area contributed by atoms with Gasteiger partial charge in [0.15, 0.2) is 5.78 Å². The lowest BCUT2D eigenvalue weighted by atomic mass is 10.2. The Kier molecular flexibility index (Phi) is 4.93. The Balaban J connectivity index is 1.87. The molecule has 0 aromatic heterocycles. The summed E-state index contributed by atoms with van der Waals surface area (Å²) in [6.45, 7) is 0. The van der Waals surface area contributed by atoms with Crippen molar-refractivity contribution in [3.05, 3.63) is 57.6 Å². The zero-order chi connectivity index (χ0) is 13.0. The van der Waals surface area contributed by atoms with E-state index in [0.717, 1.165) is 17.6 Å². The van der Waals surface area contributed by atoms with Crippen LogP contribution in [0.4, 0.5) is 0 Å². The standard InChI is InChI=1S/C14H12Cl2OS/c15-12-6-3-7-13(16)11(12)8-18-9-14(17)10-4-1-2-5-10/h1-4,6-7H,5,8-9H2. The molecule has 4 heteroatoms. The minimum Gasteiger partial charge on any atom is -0.294 e. The molecule has 1 aromatic carbocycles.